The maximum Gasteiger partial charge on any atom is 0.328 e. The molecule has 1 saturated carbocycles. The molecule has 63 heavy (non-hydrogen) atoms. The van der Waals surface area contributed by atoms with Gasteiger partial charge >= 0.3 is 6.03 Å². The van der Waals surface area contributed by atoms with Crippen molar-refractivity contribution >= 4 is 51.9 Å². The second-order valence-electron chi connectivity index (χ2n) is 18.5. The topological polar surface area (TPSA) is 140 Å². The zero-order chi connectivity index (χ0) is 44.1. The summed E-state index contributed by atoms with van der Waals surface area (Å²) >= 11 is 6.17. The summed E-state index contributed by atoms with van der Waals surface area (Å²) in [4.78, 5) is 58.3. The van der Waals surface area contributed by atoms with E-state index in [0.29, 0.717) is 33.1 Å². The average molecular weight is 875 g/mol. The zero-order valence-corrected chi connectivity index (χ0v) is 37.4. The minimum Gasteiger partial charge on any atom is -0.490 e. The van der Waals surface area contributed by atoms with E-state index in [1.54, 1.807) is 23.1 Å². The first-order valence-corrected chi connectivity index (χ1v) is 23.4. The largest absolute Gasteiger partial charge is 0.490 e. The van der Waals surface area contributed by atoms with Gasteiger partial charge in [0, 0.05) is 73.5 Å². The van der Waals surface area contributed by atoms with E-state index < -0.39 is 6.03 Å². The van der Waals surface area contributed by atoms with E-state index in [9.17, 15) is 19.2 Å². The second-order valence-corrected chi connectivity index (χ2v) is 18.9. The molecule has 4 heterocycles. The van der Waals surface area contributed by atoms with Gasteiger partial charge in [-0.25, -0.2) is 4.79 Å². The number of benzene rings is 3. The van der Waals surface area contributed by atoms with E-state index in [1.165, 1.54) is 18.4 Å². The van der Waals surface area contributed by atoms with Crippen molar-refractivity contribution in [3.63, 3.8) is 0 Å². The van der Waals surface area contributed by atoms with Gasteiger partial charge in [0.1, 0.15) is 11.8 Å². The van der Waals surface area contributed by atoms with Crippen LogP contribution in [0.15, 0.2) is 66.9 Å². The first kappa shape index (κ1) is 44.2. The number of carbonyl (C=O) groups excluding carboxylic acids is 4. The molecule has 1 aliphatic carbocycles. The first-order valence-electron chi connectivity index (χ1n) is 23.0. The van der Waals surface area contributed by atoms with Crippen LogP contribution in [0.25, 0.3) is 10.9 Å². The van der Waals surface area contributed by atoms with E-state index in [1.807, 2.05) is 41.4 Å². The lowest BCUT2D eigenvalue weighted by molar-refractivity contribution is -0.120. The van der Waals surface area contributed by atoms with Crippen molar-refractivity contribution in [1.82, 2.24) is 25.0 Å². The number of hydrogen-bond acceptors (Lipinski definition) is 7. The molecule has 8 rings (SSSR count). The minimum absolute atomic E-state index is 0.00220. The van der Waals surface area contributed by atoms with Gasteiger partial charge in [-0.3, -0.25) is 24.6 Å². The van der Waals surface area contributed by atoms with E-state index in [0.717, 1.165) is 108 Å². The molecule has 0 unspecified atom stereocenters. The van der Waals surface area contributed by atoms with Crippen LogP contribution in [0.2, 0.25) is 5.02 Å². The molecule has 3 aliphatic heterocycles. The third-order valence-corrected chi connectivity index (χ3v) is 14.2. The molecule has 5 amide bonds. The summed E-state index contributed by atoms with van der Waals surface area (Å²) in [6, 6.07) is 20.9. The Morgan fingerprint density at radius 1 is 0.921 bits per heavy atom. The van der Waals surface area contributed by atoms with Gasteiger partial charge in [0.15, 0.2) is 0 Å². The number of fused-ring (bicyclic) bond motifs is 1. The fourth-order valence-corrected chi connectivity index (χ4v) is 10.4. The van der Waals surface area contributed by atoms with Crippen LogP contribution >= 0.6 is 11.6 Å². The SMILES string of the molecule is CC(C)n1ccc2c(N3CCC(=O)NC3=O)cc(C(=O)N3CCC4(CCCN(CCCCCc5ccc(C(=O)NC6CCC(Oc7ccc(C#N)c(Cl)c7)CC6)cc5)C4)CC3)cc21. The van der Waals surface area contributed by atoms with Gasteiger partial charge in [0.05, 0.1) is 27.9 Å². The Hall–Kier alpha value is -5.38. The summed E-state index contributed by atoms with van der Waals surface area (Å²) in [5.41, 5.74) is 4.77. The number of aryl methyl sites for hydroxylation is 1. The molecule has 4 aliphatic rings. The second kappa shape index (κ2) is 19.6. The third kappa shape index (κ3) is 10.4. The molecule has 2 N–H and O–H groups in total. The molecule has 332 valence electrons. The molecule has 3 aromatic carbocycles. The molecule has 0 atom stereocenters. The van der Waals surface area contributed by atoms with Gasteiger partial charge < -0.3 is 24.4 Å². The number of amides is 5. The lowest BCUT2D eigenvalue weighted by atomic mass is 9.72. The fraction of sp³-hybridized carbons (Fsp3) is 0.500. The lowest BCUT2D eigenvalue weighted by Gasteiger charge is -2.48. The van der Waals surface area contributed by atoms with E-state index in [-0.39, 0.29) is 54.3 Å². The van der Waals surface area contributed by atoms with Crippen LogP contribution in [0, 0.1) is 16.7 Å². The van der Waals surface area contributed by atoms with Crippen molar-refractivity contribution < 1.29 is 23.9 Å². The molecule has 4 aromatic rings. The van der Waals surface area contributed by atoms with Gasteiger partial charge in [0.25, 0.3) is 11.8 Å². The van der Waals surface area contributed by atoms with Gasteiger partial charge in [-0.15, -0.1) is 0 Å². The fourth-order valence-electron chi connectivity index (χ4n) is 10.2. The molecule has 1 aromatic heterocycles. The van der Waals surface area contributed by atoms with E-state index >= 15 is 0 Å². The Balaban J connectivity index is 0.756. The Kier molecular flexibility index (Phi) is 13.7. The highest BCUT2D eigenvalue weighted by molar-refractivity contribution is 6.31. The van der Waals surface area contributed by atoms with Gasteiger partial charge in [-0.05, 0) is 151 Å². The Morgan fingerprint density at radius 2 is 1.70 bits per heavy atom. The third-order valence-electron chi connectivity index (χ3n) is 13.8. The van der Waals surface area contributed by atoms with E-state index in [2.05, 4.69) is 52.2 Å². The Morgan fingerprint density at radius 3 is 2.41 bits per heavy atom. The number of piperidine rings is 2. The molecular weight excluding hydrogens is 814 g/mol. The molecule has 3 saturated heterocycles. The number of nitrogens with one attached hydrogen (secondary N) is 2. The Labute approximate surface area is 375 Å². The zero-order valence-electron chi connectivity index (χ0n) is 36.7. The van der Waals surface area contributed by atoms with Gasteiger partial charge in [-0.1, -0.05) is 30.2 Å². The minimum atomic E-state index is -0.447. The normalized spacial score (nSPS) is 20.5. The summed E-state index contributed by atoms with van der Waals surface area (Å²) in [5.74, 6) is 0.353. The van der Waals surface area contributed by atoms with Crippen molar-refractivity contribution in [2.75, 3.05) is 44.2 Å². The maximum atomic E-state index is 14.2. The molecule has 4 fully saturated rings. The number of aromatic nitrogens is 1. The van der Waals surface area contributed by atoms with Crippen LogP contribution in [-0.4, -0.2) is 89.5 Å². The number of rotatable bonds is 13. The number of anilines is 1. The Bertz CT molecular complexity index is 2350. The van der Waals surface area contributed by atoms with Crippen molar-refractivity contribution in [1.29, 1.82) is 5.26 Å². The lowest BCUT2D eigenvalue weighted by Crippen LogP contribution is -2.51. The number of carbonyl (C=O) groups is 4. The molecule has 13 heteroatoms. The number of likely N-dealkylation sites (tertiary alicyclic amines) is 2. The summed E-state index contributed by atoms with van der Waals surface area (Å²) in [6.45, 7) is 9.24. The quantitative estimate of drug-likeness (QED) is 0.128. The highest BCUT2D eigenvalue weighted by Crippen LogP contribution is 2.41. The predicted octanol–water partition coefficient (Wildman–Crippen LogP) is 9.04. The average Bonchev–Trinajstić information content (AvgIpc) is 3.72. The number of imide groups is 1. The summed E-state index contributed by atoms with van der Waals surface area (Å²) in [5, 5.41) is 16.1. The smallest absolute Gasteiger partial charge is 0.328 e. The summed E-state index contributed by atoms with van der Waals surface area (Å²) in [6.07, 6.45) is 14.4. The number of ether oxygens (including phenoxy) is 1. The number of nitrogens with zero attached hydrogens (tertiary/aromatic N) is 5. The highest BCUT2D eigenvalue weighted by atomic mass is 35.5. The van der Waals surface area contributed by atoms with Crippen LogP contribution in [0.4, 0.5) is 10.5 Å². The maximum absolute atomic E-state index is 14.2. The van der Waals surface area contributed by atoms with Crippen molar-refractivity contribution in [2.24, 2.45) is 5.41 Å². The van der Waals surface area contributed by atoms with Gasteiger partial charge in [0.2, 0.25) is 5.91 Å². The van der Waals surface area contributed by atoms with Crippen molar-refractivity contribution in [3.8, 4) is 11.8 Å². The van der Waals surface area contributed by atoms with Crippen LogP contribution in [0.5, 0.6) is 5.75 Å². The molecular formula is C50H60ClN7O5. The standard InChI is InChI=1S/C50H60ClN7O5/c1-34(2)57-25-18-42-44(57)29-38(30-45(42)58-26-19-46(59)54-49(58)62)48(61)56-27-21-50(22-28-56)20-6-24-55(33-50)23-5-3-4-7-35-8-10-36(11-9-35)47(60)53-39-13-16-40(17-14-39)63-41-15-12-37(32-52)43(51)31-41/h8-12,15,18,25,29-31,34,39-40H,3-7,13-14,16-17,19-24,26-28,33H2,1-2H3,(H,53,60)(H,54,59,62). The number of urea groups is 1. The summed E-state index contributed by atoms with van der Waals surface area (Å²) in [7, 11) is 0. The number of unbranched alkanes of at least 4 members (excludes halogenated alkanes) is 2. The van der Waals surface area contributed by atoms with Crippen molar-refractivity contribution in [3.05, 3.63) is 94.1 Å². The number of nitriles is 1. The van der Waals surface area contributed by atoms with E-state index in [4.69, 9.17) is 21.6 Å². The van der Waals surface area contributed by atoms with Crippen LogP contribution < -0.4 is 20.3 Å². The predicted molar refractivity (Wildman–Crippen MR) is 245 cm³/mol. The van der Waals surface area contributed by atoms with Crippen molar-refractivity contribution in [2.45, 2.75) is 116 Å². The molecule has 1 spiro atoms. The first-order chi connectivity index (χ1) is 30.5. The number of hydrogen-bond donors (Lipinski definition) is 2. The highest BCUT2D eigenvalue weighted by Gasteiger charge is 2.39. The van der Waals surface area contributed by atoms with Gasteiger partial charge in [-0.2, -0.15) is 5.26 Å². The van der Waals surface area contributed by atoms with Crippen LogP contribution in [0.3, 0.4) is 0 Å². The monoisotopic (exact) mass is 873 g/mol. The molecule has 0 bridgehead atoms. The summed E-state index contributed by atoms with van der Waals surface area (Å²) < 4.78 is 8.24. The van der Waals surface area contributed by atoms with Crippen LogP contribution in [0.1, 0.15) is 129 Å². The molecule has 0 radical (unpaired) electrons. The van der Waals surface area contributed by atoms with Crippen LogP contribution in [-0.2, 0) is 11.2 Å². The number of halogens is 1. The molecule has 12 nitrogen and oxygen atoms in total.